The van der Waals surface area contributed by atoms with E-state index in [2.05, 4.69) is 30.6 Å². The summed E-state index contributed by atoms with van der Waals surface area (Å²) in [5.74, 6) is 1.57. The van der Waals surface area contributed by atoms with Gasteiger partial charge in [0.2, 0.25) is 5.91 Å². The Bertz CT molecular complexity index is 374. The summed E-state index contributed by atoms with van der Waals surface area (Å²) in [6.45, 7) is 4.57. The zero-order chi connectivity index (χ0) is 13.0. The standard InChI is InChI=1S/C15H23NOS/c1-11-5-3-7-14(12(11)2)16-15(17)9-8-13-6-4-10-18-13/h4,6,10-12,14H,3,5,7-9H2,1-2H3,(H,16,17). The molecule has 3 atom stereocenters. The van der Waals surface area contributed by atoms with Gasteiger partial charge in [-0.1, -0.05) is 32.8 Å². The zero-order valence-corrected chi connectivity index (χ0v) is 12.1. The summed E-state index contributed by atoms with van der Waals surface area (Å²) in [6, 6.07) is 4.54. The molecule has 2 rings (SSSR count). The van der Waals surface area contributed by atoms with Crippen molar-refractivity contribution in [3.05, 3.63) is 22.4 Å². The Morgan fingerprint density at radius 2 is 2.28 bits per heavy atom. The van der Waals surface area contributed by atoms with E-state index in [1.807, 2.05) is 6.07 Å². The summed E-state index contributed by atoms with van der Waals surface area (Å²) >= 11 is 1.73. The Morgan fingerprint density at radius 3 is 3.00 bits per heavy atom. The first-order valence-corrected chi connectivity index (χ1v) is 7.86. The summed E-state index contributed by atoms with van der Waals surface area (Å²) in [5.41, 5.74) is 0. The number of carbonyl (C=O) groups excluding carboxylic acids is 1. The van der Waals surface area contributed by atoms with Crippen LogP contribution in [0.25, 0.3) is 0 Å². The molecule has 1 fully saturated rings. The van der Waals surface area contributed by atoms with Crippen molar-refractivity contribution in [1.29, 1.82) is 0 Å². The molecule has 18 heavy (non-hydrogen) atoms. The lowest BCUT2D eigenvalue weighted by Crippen LogP contribution is -2.43. The van der Waals surface area contributed by atoms with Crippen molar-refractivity contribution < 1.29 is 4.79 Å². The molecule has 0 radical (unpaired) electrons. The van der Waals surface area contributed by atoms with E-state index in [0.29, 0.717) is 18.4 Å². The van der Waals surface area contributed by atoms with E-state index >= 15 is 0 Å². The molecule has 2 nitrogen and oxygen atoms in total. The monoisotopic (exact) mass is 265 g/mol. The highest BCUT2D eigenvalue weighted by molar-refractivity contribution is 7.09. The molecule has 3 unspecified atom stereocenters. The van der Waals surface area contributed by atoms with Crippen LogP contribution in [0.4, 0.5) is 0 Å². The molecule has 0 saturated heterocycles. The van der Waals surface area contributed by atoms with E-state index in [4.69, 9.17) is 0 Å². The SMILES string of the molecule is CC1CCCC(NC(=O)CCc2cccs2)C1C. The summed E-state index contributed by atoms with van der Waals surface area (Å²) < 4.78 is 0. The summed E-state index contributed by atoms with van der Waals surface area (Å²) in [6.07, 6.45) is 5.21. The Labute approximate surface area is 114 Å². The number of hydrogen-bond acceptors (Lipinski definition) is 2. The van der Waals surface area contributed by atoms with Gasteiger partial charge in [0.1, 0.15) is 0 Å². The fourth-order valence-electron chi connectivity index (χ4n) is 2.76. The lowest BCUT2D eigenvalue weighted by molar-refractivity contribution is -0.122. The first-order valence-electron chi connectivity index (χ1n) is 6.98. The van der Waals surface area contributed by atoms with Crippen LogP contribution in [0.15, 0.2) is 17.5 Å². The lowest BCUT2D eigenvalue weighted by atomic mass is 9.78. The van der Waals surface area contributed by atoms with Crippen LogP contribution in [-0.4, -0.2) is 11.9 Å². The normalized spacial score (nSPS) is 28.0. The van der Waals surface area contributed by atoms with Gasteiger partial charge in [-0.3, -0.25) is 4.79 Å². The fraction of sp³-hybridized carbons (Fsp3) is 0.667. The molecule has 1 aliphatic rings. The minimum Gasteiger partial charge on any atom is -0.353 e. The van der Waals surface area contributed by atoms with E-state index in [-0.39, 0.29) is 5.91 Å². The predicted octanol–water partition coefficient (Wildman–Crippen LogP) is 3.62. The van der Waals surface area contributed by atoms with E-state index in [1.165, 1.54) is 17.7 Å². The largest absolute Gasteiger partial charge is 0.353 e. The Morgan fingerprint density at radius 1 is 1.44 bits per heavy atom. The average molecular weight is 265 g/mol. The van der Waals surface area contributed by atoms with Gasteiger partial charge >= 0.3 is 0 Å². The van der Waals surface area contributed by atoms with Gasteiger partial charge in [0.25, 0.3) is 0 Å². The van der Waals surface area contributed by atoms with Crippen LogP contribution in [0.5, 0.6) is 0 Å². The maximum absolute atomic E-state index is 12.0. The molecule has 1 saturated carbocycles. The summed E-state index contributed by atoms with van der Waals surface area (Å²) in [5, 5.41) is 5.29. The minimum atomic E-state index is 0.217. The summed E-state index contributed by atoms with van der Waals surface area (Å²) in [4.78, 5) is 13.3. The van der Waals surface area contributed by atoms with Gasteiger partial charge in [-0.2, -0.15) is 0 Å². The molecule has 1 N–H and O–H groups in total. The zero-order valence-electron chi connectivity index (χ0n) is 11.3. The Kier molecular flexibility index (Phi) is 4.81. The van der Waals surface area contributed by atoms with E-state index in [9.17, 15) is 4.79 Å². The van der Waals surface area contributed by atoms with Gasteiger partial charge in [0, 0.05) is 17.3 Å². The molecule has 1 aromatic rings. The molecule has 0 aromatic carbocycles. The highest BCUT2D eigenvalue weighted by Gasteiger charge is 2.27. The Hall–Kier alpha value is -0.830. The van der Waals surface area contributed by atoms with Gasteiger partial charge < -0.3 is 5.32 Å². The molecular weight excluding hydrogens is 242 g/mol. The topological polar surface area (TPSA) is 29.1 Å². The molecule has 1 heterocycles. The second kappa shape index (κ2) is 6.37. The Balaban J connectivity index is 1.76. The number of carbonyl (C=O) groups is 1. The van der Waals surface area contributed by atoms with Crippen molar-refractivity contribution in [3.63, 3.8) is 0 Å². The van der Waals surface area contributed by atoms with Gasteiger partial charge in [0.05, 0.1) is 0 Å². The third kappa shape index (κ3) is 3.58. The number of thiophene rings is 1. The van der Waals surface area contributed by atoms with Crippen molar-refractivity contribution in [2.75, 3.05) is 0 Å². The van der Waals surface area contributed by atoms with Crippen LogP contribution in [-0.2, 0) is 11.2 Å². The molecule has 0 spiro atoms. The molecule has 0 bridgehead atoms. The third-order valence-electron chi connectivity index (χ3n) is 4.23. The number of rotatable bonds is 4. The van der Waals surface area contributed by atoms with E-state index in [1.54, 1.807) is 11.3 Å². The highest BCUT2D eigenvalue weighted by atomic mass is 32.1. The minimum absolute atomic E-state index is 0.217. The maximum atomic E-state index is 12.0. The molecule has 3 heteroatoms. The molecule has 1 aromatic heterocycles. The van der Waals surface area contributed by atoms with Crippen LogP contribution in [0.1, 0.15) is 44.4 Å². The molecule has 1 aliphatic carbocycles. The van der Waals surface area contributed by atoms with E-state index in [0.717, 1.165) is 18.8 Å². The van der Waals surface area contributed by atoms with Gasteiger partial charge in [-0.25, -0.2) is 0 Å². The van der Waals surface area contributed by atoms with Crippen molar-refractivity contribution >= 4 is 17.2 Å². The second-order valence-electron chi connectivity index (χ2n) is 5.52. The maximum Gasteiger partial charge on any atom is 0.220 e. The predicted molar refractivity (Wildman–Crippen MR) is 76.7 cm³/mol. The number of amides is 1. The van der Waals surface area contributed by atoms with Crippen molar-refractivity contribution in [1.82, 2.24) is 5.32 Å². The van der Waals surface area contributed by atoms with Crippen LogP contribution in [0, 0.1) is 11.8 Å². The fourth-order valence-corrected chi connectivity index (χ4v) is 3.47. The quantitative estimate of drug-likeness (QED) is 0.885. The highest BCUT2D eigenvalue weighted by Crippen LogP contribution is 2.29. The molecule has 1 amide bonds. The van der Waals surface area contributed by atoms with Crippen molar-refractivity contribution in [3.8, 4) is 0 Å². The lowest BCUT2D eigenvalue weighted by Gasteiger charge is -2.34. The van der Waals surface area contributed by atoms with Crippen LogP contribution >= 0.6 is 11.3 Å². The van der Waals surface area contributed by atoms with Gasteiger partial charge in [-0.15, -0.1) is 11.3 Å². The number of nitrogens with one attached hydrogen (secondary N) is 1. The van der Waals surface area contributed by atoms with Crippen molar-refractivity contribution in [2.24, 2.45) is 11.8 Å². The molecule has 0 aliphatic heterocycles. The number of aryl methyl sites for hydroxylation is 1. The van der Waals surface area contributed by atoms with Gasteiger partial charge in [0.15, 0.2) is 0 Å². The first-order chi connectivity index (χ1) is 8.66. The first kappa shape index (κ1) is 13.6. The smallest absolute Gasteiger partial charge is 0.220 e. The third-order valence-corrected chi connectivity index (χ3v) is 5.17. The molecular formula is C15H23NOS. The number of hydrogen-bond donors (Lipinski definition) is 1. The average Bonchev–Trinajstić information content (AvgIpc) is 2.86. The molecule has 100 valence electrons. The van der Waals surface area contributed by atoms with Crippen molar-refractivity contribution in [2.45, 2.75) is 52.0 Å². The van der Waals surface area contributed by atoms with E-state index < -0.39 is 0 Å². The van der Waals surface area contributed by atoms with Gasteiger partial charge in [-0.05, 0) is 36.1 Å². The van der Waals surface area contributed by atoms with Crippen LogP contribution in [0.3, 0.4) is 0 Å². The second-order valence-corrected chi connectivity index (χ2v) is 6.55. The van der Waals surface area contributed by atoms with Crippen LogP contribution < -0.4 is 5.32 Å². The van der Waals surface area contributed by atoms with Crippen LogP contribution in [0.2, 0.25) is 0 Å². The summed E-state index contributed by atoms with van der Waals surface area (Å²) in [7, 11) is 0.